The summed E-state index contributed by atoms with van der Waals surface area (Å²) in [6, 6.07) is 13.6. The van der Waals surface area contributed by atoms with Gasteiger partial charge in [0, 0.05) is 45.2 Å². The molecule has 2 aromatic rings. The minimum atomic E-state index is -0.220. The molecule has 4 rings (SSSR count). The van der Waals surface area contributed by atoms with Gasteiger partial charge in [0.25, 0.3) is 0 Å². The Morgan fingerprint density at radius 2 is 1.18 bits per heavy atom. The van der Waals surface area contributed by atoms with Crippen LogP contribution in [0.25, 0.3) is 0 Å². The van der Waals surface area contributed by atoms with Crippen LogP contribution in [0, 0.1) is 17.6 Å². The number of anilines is 2. The van der Waals surface area contributed by atoms with Crippen LogP contribution in [0.2, 0.25) is 0 Å². The zero-order valence-electron chi connectivity index (χ0n) is 15.9. The summed E-state index contributed by atoms with van der Waals surface area (Å²) < 4.78 is 27.9. The number of carbonyl (C=O) groups is 1. The summed E-state index contributed by atoms with van der Waals surface area (Å²) in [6.07, 6.45) is 1.47. The normalized spacial score (nSPS) is 18.4. The Labute approximate surface area is 164 Å². The highest BCUT2D eigenvalue weighted by Crippen LogP contribution is 2.27. The molecule has 4 nitrogen and oxygen atoms in total. The first-order valence-electron chi connectivity index (χ1n) is 9.91. The second kappa shape index (κ2) is 8.17. The third kappa shape index (κ3) is 3.81. The van der Waals surface area contributed by atoms with E-state index >= 15 is 0 Å². The topological polar surface area (TPSA) is 26.8 Å². The summed E-state index contributed by atoms with van der Waals surface area (Å²) in [4.78, 5) is 18.8. The maximum atomic E-state index is 14.0. The van der Waals surface area contributed by atoms with E-state index in [0.29, 0.717) is 50.6 Å². The highest BCUT2D eigenvalue weighted by molar-refractivity contribution is 5.79. The molecule has 2 saturated heterocycles. The summed E-state index contributed by atoms with van der Waals surface area (Å²) >= 11 is 0. The van der Waals surface area contributed by atoms with E-state index in [0.717, 1.165) is 12.8 Å². The van der Waals surface area contributed by atoms with Gasteiger partial charge < -0.3 is 14.7 Å². The maximum Gasteiger partial charge on any atom is 0.225 e. The molecule has 0 aromatic heterocycles. The van der Waals surface area contributed by atoms with Crippen molar-refractivity contribution < 1.29 is 13.6 Å². The van der Waals surface area contributed by atoms with Crippen LogP contribution in [-0.2, 0) is 4.79 Å². The number of hydrogen-bond donors (Lipinski definition) is 0. The quantitative estimate of drug-likeness (QED) is 0.809. The van der Waals surface area contributed by atoms with Crippen molar-refractivity contribution in [1.82, 2.24) is 4.90 Å². The molecule has 1 amide bonds. The van der Waals surface area contributed by atoms with Crippen LogP contribution in [0.15, 0.2) is 48.5 Å². The molecule has 0 N–H and O–H groups in total. The van der Waals surface area contributed by atoms with Gasteiger partial charge in [-0.2, -0.15) is 0 Å². The van der Waals surface area contributed by atoms with Gasteiger partial charge in [-0.1, -0.05) is 24.3 Å². The molecule has 0 spiro atoms. The number of nitrogens with zero attached hydrogens (tertiary/aromatic N) is 3. The number of piperidine rings is 1. The van der Waals surface area contributed by atoms with Crippen molar-refractivity contribution in [3.05, 3.63) is 60.2 Å². The molecular weight excluding hydrogens is 360 g/mol. The van der Waals surface area contributed by atoms with Gasteiger partial charge in [0.2, 0.25) is 5.91 Å². The van der Waals surface area contributed by atoms with Crippen LogP contribution in [0.1, 0.15) is 12.8 Å². The molecule has 0 atom stereocenters. The maximum absolute atomic E-state index is 14.0. The van der Waals surface area contributed by atoms with E-state index in [9.17, 15) is 13.6 Å². The number of carbonyl (C=O) groups excluding carboxylic acids is 1. The van der Waals surface area contributed by atoms with Crippen molar-refractivity contribution in [2.45, 2.75) is 12.8 Å². The van der Waals surface area contributed by atoms with E-state index in [1.165, 1.54) is 12.1 Å². The third-order valence-electron chi connectivity index (χ3n) is 5.82. The number of halogens is 2. The lowest BCUT2D eigenvalue weighted by Gasteiger charge is -2.39. The van der Waals surface area contributed by atoms with Crippen LogP contribution in [0.4, 0.5) is 20.2 Å². The first-order valence-corrected chi connectivity index (χ1v) is 9.91. The number of hydrogen-bond acceptors (Lipinski definition) is 3. The highest BCUT2D eigenvalue weighted by atomic mass is 19.1. The Balaban J connectivity index is 1.31. The number of amides is 1. The van der Waals surface area contributed by atoms with Gasteiger partial charge in [-0.05, 0) is 37.1 Å². The van der Waals surface area contributed by atoms with Gasteiger partial charge in [-0.15, -0.1) is 0 Å². The first-order chi connectivity index (χ1) is 13.6. The van der Waals surface area contributed by atoms with E-state index in [-0.39, 0.29) is 23.5 Å². The predicted octanol–water partition coefficient (Wildman–Crippen LogP) is 3.53. The highest BCUT2D eigenvalue weighted by Gasteiger charge is 2.31. The molecule has 0 aliphatic carbocycles. The molecule has 148 valence electrons. The van der Waals surface area contributed by atoms with Crippen molar-refractivity contribution in [2.75, 3.05) is 49.1 Å². The summed E-state index contributed by atoms with van der Waals surface area (Å²) in [5.41, 5.74) is 1.22. The average Bonchev–Trinajstić information content (AvgIpc) is 2.74. The van der Waals surface area contributed by atoms with Gasteiger partial charge in [-0.25, -0.2) is 8.78 Å². The summed E-state index contributed by atoms with van der Waals surface area (Å²) in [7, 11) is 0. The lowest BCUT2D eigenvalue weighted by atomic mass is 9.94. The largest absolute Gasteiger partial charge is 0.369 e. The van der Waals surface area contributed by atoms with E-state index in [1.807, 2.05) is 26.8 Å². The third-order valence-corrected chi connectivity index (χ3v) is 5.82. The van der Waals surface area contributed by atoms with Gasteiger partial charge in [0.05, 0.1) is 11.4 Å². The van der Waals surface area contributed by atoms with E-state index in [2.05, 4.69) is 0 Å². The second-order valence-electron chi connectivity index (χ2n) is 7.48. The standard InChI is InChI=1S/C22H25F2N3O/c23-18-5-1-3-7-20(18)25-11-9-17(10-12-25)22(28)27-15-13-26(14-16-27)21-8-4-2-6-19(21)24/h1-8,17H,9-16H2. The van der Waals surface area contributed by atoms with Crippen molar-refractivity contribution in [3.8, 4) is 0 Å². The SMILES string of the molecule is O=C(C1CCN(c2ccccc2F)CC1)N1CCN(c2ccccc2F)CC1. The molecule has 2 heterocycles. The molecule has 0 saturated carbocycles. The minimum absolute atomic E-state index is 0.0111. The molecule has 0 unspecified atom stereocenters. The van der Waals surface area contributed by atoms with Crippen LogP contribution < -0.4 is 9.80 Å². The fourth-order valence-corrected chi connectivity index (χ4v) is 4.21. The Morgan fingerprint density at radius 3 is 1.68 bits per heavy atom. The number of para-hydroxylation sites is 2. The zero-order chi connectivity index (χ0) is 19.5. The van der Waals surface area contributed by atoms with Gasteiger partial charge >= 0.3 is 0 Å². The zero-order valence-corrected chi connectivity index (χ0v) is 15.9. The molecule has 2 aliphatic heterocycles. The number of rotatable bonds is 3. The molecule has 2 aromatic carbocycles. The first kappa shape index (κ1) is 18.7. The number of piperazine rings is 1. The summed E-state index contributed by atoms with van der Waals surface area (Å²) in [6.45, 7) is 3.88. The fourth-order valence-electron chi connectivity index (χ4n) is 4.21. The van der Waals surface area contributed by atoms with E-state index in [1.54, 1.807) is 24.3 Å². The Bertz CT molecular complexity index is 761. The lowest BCUT2D eigenvalue weighted by Crippen LogP contribution is -2.52. The van der Waals surface area contributed by atoms with Crippen LogP contribution in [0.3, 0.4) is 0 Å². The minimum Gasteiger partial charge on any atom is -0.369 e. The Hall–Kier alpha value is -2.63. The fraction of sp³-hybridized carbons (Fsp3) is 0.409. The molecule has 0 bridgehead atoms. The van der Waals surface area contributed by atoms with Crippen LogP contribution in [-0.4, -0.2) is 50.1 Å². The molecule has 2 fully saturated rings. The summed E-state index contributed by atoms with van der Waals surface area (Å²) in [5.74, 6) is -0.260. The average molecular weight is 385 g/mol. The molecule has 6 heteroatoms. The smallest absolute Gasteiger partial charge is 0.225 e. The summed E-state index contributed by atoms with van der Waals surface area (Å²) in [5, 5.41) is 0. The van der Waals surface area contributed by atoms with E-state index in [4.69, 9.17) is 0 Å². The Kier molecular flexibility index (Phi) is 5.46. The molecule has 2 aliphatic rings. The second-order valence-corrected chi connectivity index (χ2v) is 7.48. The monoisotopic (exact) mass is 385 g/mol. The van der Waals surface area contributed by atoms with Crippen molar-refractivity contribution >= 4 is 17.3 Å². The molecular formula is C22H25F2N3O. The van der Waals surface area contributed by atoms with Gasteiger partial charge in [0.15, 0.2) is 0 Å². The van der Waals surface area contributed by atoms with Crippen LogP contribution >= 0.6 is 0 Å². The lowest BCUT2D eigenvalue weighted by molar-refractivity contribution is -0.136. The molecule has 28 heavy (non-hydrogen) atoms. The van der Waals surface area contributed by atoms with Crippen molar-refractivity contribution in [3.63, 3.8) is 0 Å². The molecule has 0 radical (unpaired) electrons. The van der Waals surface area contributed by atoms with Gasteiger partial charge in [-0.3, -0.25) is 4.79 Å². The Morgan fingerprint density at radius 1 is 0.714 bits per heavy atom. The van der Waals surface area contributed by atoms with Gasteiger partial charge in [0.1, 0.15) is 11.6 Å². The van der Waals surface area contributed by atoms with Crippen molar-refractivity contribution in [1.29, 1.82) is 0 Å². The van der Waals surface area contributed by atoms with Crippen LogP contribution in [0.5, 0.6) is 0 Å². The number of benzene rings is 2. The predicted molar refractivity (Wildman–Crippen MR) is 107 cm³/mol. The van der Waals surface area contributed by atoms with Crippen molar-refractivity contribution in [2.24, 2.45) is 5.92 Å². The van der Waals surface area contributed by atoms with E-state index < -0.39 is 0 Å².